The van der Waals surface area contributed by atoms with Crippen LogP contribution in [0.5, 0.6) is 11.6 Å². The van der Waals surface area contributed by atoms with Crippen molar-refractivity contribution in [3.05, 3.63) is 83.2 Å². The molecule has 6 nitrogen and oxygen atoms in total. The Morgan fingerprint density at radius 1 is 1.11 bits per heavy atom. The molecular formula is C22H20N4O2. The van der Waals surface area contributed by atoms with Crippen molar-refractivity contribution >= 4 is 16.8 Å². The topological polar surface area (TPSA) is 79.9 Å². The van der Waals surface area contributed by atoms with Crippen LogP contribution < -0.4 is 10.1 Å². The lowest BCUT2D eigenvalue weighted by Crippen LogP contribution is -2.23. The van der Waals surface area contributed by atoms with E-state index in [0.29, 0.717) is 18.1 Å². The zero-order chi connectivity index (χ0) is 19.5. The van der Waals surface area contributed by atoms with Gasteiger partial charge in [-0.2, -0.15) is 5.10 Å². The molecule has 1 amide bonds. The second kappa shape index (κ2) is 7.52. The number of fused-ring (bicyclic) bond motifs is 1. The number of rotatable bonds is 5. The maximum atomic E-state index is 12.4. The molecule has 0 radical (unpaired) electrons. The molecule has 0 bridgehead atoms. The number of hydrogen-bond acceptors (Lipinski definition) is 4. The number of carbonyl (C=O) groups excluding carboxylic acids is 1. The molecule has 0 saturated heterocycles. The highest BCUT2D eigenvalue weighted by atomic mass is 16.5. The summed E-state index contributed by atoms with van der Waals surface area (Å²) in [6.45, 7) is 4.38. The van der Waals surface area contributed by atoms with Gasteiger partial charge in [0, 0.05) is 24.2 Å². The normalized spacial score (nSPS) is 10.8. The Balaban J connectivity index is 1.40. The number of benzene rings is 2. The van der Waals surface area contributed by atoms with E-state index in [4.69, 9.17) is 4.74 Å². The summed E-state index contributed by atoms with van der Waals surface area (Å²) in [7, 11) is 0. The first-order chi connectivity index (χ1) is 13.6. The van der Waals surface area contributed by atoms with Gasteiger partial charge in [-0.15, -0.1) is 0 Å². The molecule has 0 aliphatic heterocycles. The van der Waals surface area contributed by atoms with Crippen LogP contribution in [-0.2, 0) is 6.54 Å². The van der Waals surface area contributed by atoms with Crippen molar-refractivity contribution < 1.29 is 9.53 Å². The van der Waals surface area contributed by atoms with Crippen LogP contribution in [-0.4, -0.2) is 21.1 Å². The van der Waals surface area contributed by atoms with Gasteiger partial charge in [0.25, 0.3) is 5.91 Å². The van der Waals surface area contributed by atoms with Crippen molar-refractivity contribution in [2.45, 2.75) is 20.4 Å². The average molecular weight is 372 g/mol. The predicted octanol–water partition coefficient (Wildman–Crippen LogP) is 4.30. The first-order valence-electron chi connectivity index (χ1n) is 9.01. The number of aromatic nitrogens is 3. The van der Waals surface area contributed by atoms with Gasteiger partial charge in [0.2, 0.25) is 5.88 Å². The Morgan fingerprint density at radius 2 is 1.96 bits per heavy atom. The van der Waals surface area contributed by atoms with Gasteiger partial charge in [-0.05, 0) is 42.7 Å². The van der Waals surface area contributed by atoms with E-state index in [-0.39, 0.29) is 5.91 Å². The number of pyridine rings is 1. The quantitative estimate of drug-likeness (QED) is 0.547. The number of H-pyrrole nitrogens is 1. The third-order valence-electron chi connectivity index (χ3n) is 4.49. The Hall–Kier alpha value is -3.67. The number of nitrogens with zero attached hydrogens (tertiary/aromatic N) is 2. The molecule has 0 fully saturated rings. The molecule has 6 heteroatoms. The molecule has 0 aliphatic carbocycles. The van der Waals surface area contributed by atoms with Crippen LogP contribution in [0.25, 0.3) is 10.9 Å². The summed E-state index contributed by atoms with van der Waals surface area (Å²) in [5.74, 6) is 1.08. The third-order valence-corrected chi connectivity index (χ3v) is 4.49. The van der Waals surface area contributed by atoms with Crippen molar-refractivity contribution in [1.82, 2.24) is 20.5 Å². The molecule has 2 N–H and O–H groups in total. The molecular weight excluding hydrogens is 352 g/mol. The van der Waals surface area contributed by atoms with E-state index in [1.807, 2.05) is 62.4 Å². The third kappa shape index (κ3) is 3.71. The summed E-state index contributed by atoms with van der Waals surface area (Å²) in [5, 5.41) is 10.7. The molecule has 2 aromatic carbocycles. The van der Waals surface area contributed by atoms with Gasteiger partial charge < -0.3 is 10.1 Å². The number of amides is 1. The Bertz CT molecular complexity index is 1130. The van der Waals surface area contributed by atoms with Crippen LogP contribution in [0.2, 0.25) is 0 Å². The largest absolute Gasteiger partial charge is 0.439 e. The molecule has 140 valence electrons. The van der Waals surface area contributed by atoms with Gasteiger partial charge in [0.1, 0.15) is 5.75 Å². The van der Waals surface area contributed by atoms with Crippen molar-refractivity contribution in [2.24, 2.45) is 0 Å². The van der Waals surface area contributed by atoms with E-state index in [1.165, 1.54) is 0 Å². The number of para-hydroxylation sites is 1. The fraction of sp³-hybridized carbons (Fsp3) is 0.136. The van der Waals surface area contributed by atoms with Crippen LogP contribution in [0.15, 0.2) is 60.8 Å². The average Bonchev–Trinajstić information content (AvgIpc) is 3.14. The molecule has 2 aromatic heterocycles. The van der Waals surface area contributed by atoms with E-state index in [2.05, 4.69) is 20.5 Å². The molecule has 0 spiro atoms. The first kappa shape index (κ1) is 17.7. The highest BCUT2D eigenvalue weighted by Crippen LogP contribution is 2.24. The molecule has 4 rings (SSSR count). The van der Waals surface area contributed by atoms with Gasteiger partial charge in [0.15, 0.2) is 5.69 Å². The second-order valence-corrected chi connectivity index (χ2v) is 6.68. The fourth-order valence-electron chi connectivity index (χ4n) is 2.91. The van der Waals surface area contributed by atoms with Crippen LogP contribution in [0.1, 0.15) is 27.2 Å². The summed E-state index contributed by atoms with van der Waals surface area (Å²) < 4.78 is 5.87. The highest BCUT2D eigenvalue weighted by Gasteiger charge is 2.13. The lowest BCUT2D eigenvalue weighted by atomic mass is 10.1. The van der Waals surface area contributed by atoms with Crippen molar-refractivity contribution in [3.8, 4) is 11.6 Å². The van der Waals surface area contributed by atoms with Gasteiger partial charge >= 0.3 is 0 Å². The molecule has 2 heterocycles. The number of aryl methyl sites for hydroxylation is 2. The highest BCUT2D eigenvalue weighted by molar-refractivity contribution is 6.04. The second-order valence-electron chi connectivity index (χ2n) is 6.68. The summed E-state index contributed by atoms with van der Waals surface area (Å²) in [6, 6.07) is 17.3. The van der Waals surface area contributed by atoms with E-state index >= 15 is 0 Å². The van der Waals surface area contributed by atoms with Gasteiger partial charge in [-0.25, -0.2) is 4.98 Å². The standard InChI is InChI=1S/C22H20N4O2/c1-14-7-8-15(2)19(11-14)28-20-10-9-16(12-23-20)13-24-22(27)21-17-5-3-4-6-18(17)25-26-21/h3-12H,13H2,1-2H3,(H,24,27)(H,25,26). The Morgan fingerprint density at radius 3 is 2.79 bits per heavy atom. The van der Waals surface area contributed by atoms with Crippen molar-refractivity contribution in [2.75, 3.05) is 0 Å². The molecule has 0 aliphatic rings. The van der Waals surface area contributed by atoms with Crippen molar-refractivity contribution in [3.63, 3.8) is 0 Å². The Labute approximate surface area is 162 Å². The van der Waals surface area contributed by atoms with E-state index < -0.39 is 0 Å². The van der Waals surface area contributed by atoms with Gasteiger partial charge in [-0.3, -0.25) is 9.89 Å². The lowest BCUT2D eigenvalue weighted by molar-refractivity contribution is 0.0947. The maximum Gasteiger partial charge on any atom is 0.272 e. The fourth-order valence-corrected chi connectivity index (χ4v) is 2.91. The molecule has 0 unspecified atom stereocenters. The van der Waals surface area contributed by atoms with Crippen LogP contribution in [0, 0.1) is 13.8 Å². The summed E-state index contributed by atoms with van der Waals surface area (Å²) >= 11 is 0. The lowest BCUT2D eigenvalue weighted by Gasteiger charge is -2.09. The summed E-state index contributed by atoms with van der Waals surface area (Å²) in [6.07, 6.45) is 1.70. The zero-order valence-corrected chi connectivity index (χ0v) is 15.7. The van der Waals surface area contributed by atoms with E-state index in [1.54, 1.807) is 12.3 Å². The van der Waals surface area contributed by atoms with Gasteiger partial charge in [0.05, 0.1) is 5.52 Å². The van der Waals surface area contributed by atoms with Crippen LogP contribution >= 0.6 is 0 Å². The van der Waals surface area contributed by atoms with Crippen LogP contribution in [0.3, 0.4) is 0 Å². The van der Waals surface area contributed by atoms with E-state index in [9.17, 15) is 4.79 Å². The summed E-state index contributed by atoms with van der Waals surface area (Å²) in [4.78, 5) is 16.8. The predicted molar refractivity (Wildman–Crippen MR) is 107 cm³/mol. The molecule has 0 atom stereocenters. The minimum Gasteiger partial charge on any atom is -0.439 e. The van der Waals surface area contributed by atoms with Gasteiger partial charge in [-0.1, -0.05) is 36.4 Å². The molecule has 28 heavy (non-hydrogen) atoms. The van der Waals surface area contributed by atoms with Crippen LogP contribution in [0.4, 0.5) is 0 Å². The molecule has 4 aromatic rings. The molecule has 0 saturated carbocycles. The monoisotopic (exact) mass is 372 g/mol. The number of hydrogen-bond donors (Lipinski definition) is 2. The summed E-state index contributed by atoms with van der Waals surface area (Å²) in [5.41, 5.74) is 4.28. The Kier molecular flexibility index (Phi) is 4.76. The SMILES string of the molecule is Cc1ccc(C)c(Oc2ccc(CNC(=O)c3n[nH]c4ccccc34)cn2)c1. The number of aromatic amines is 1. The number of ether oxygens (including phenoxy) is 1. The van der Waals surface area contributed by atoms with Crippen molar-refractivity contribution in [1.29, 1.82) is 0 Å². The minimum atomic E-state index is -0.229. The maximum absolute atomic E-state index is 12.4. The van der Waals surface area contributed by atoms with E-state index in [0.717, 1.165) is 33.3 Å². The number of carbonyl (C=O) groups is 1. The zero-order valence-electron chi connectivity index (χ0n) is 15.7. The smallest absolute Gasteiger partial charge is 0.272 e. The minimum absolute atomic E-state index is 0.229. The first-order valence-corrected chi connectivity index (χ1v) is 9.01. The number of nitrogens with one attached hydrogen (secondary N) is 2.